The maximum Gasteiger partial charge on any atom is 0.433 e. The topological polar surface area (TPSA) is 71.5 Å². The van der Waals surface area contributed by atoms with Crippen LogP contribution in [0.3, 0.4) is 0 Å². The van der Waals surface area contributed by atoms with Gasteiger partial charge in [-0.1, -0.05) is 25.4 Å². The molecule has 0 aliphatic heterocycles. The first-order valence-corrected chi connectivity index (χ1v) is 6.97. The number of nitrogens with zero attached hydrogens (tertiary/aromatic N) is 2. The molecular weight excluding hydrogens is 291 g/mol. The van der Waals surface area contributed by atoms with Crippen LogP contribution in [0.15, 0.2) is 22.3 Å². The second kappa shape index (κ2) is 6.83. The lowest BCUT2D eigenvalue weighted by Crippen LogP contribution is -2.17. The van der Waals surface area contributed by atoms with E-state index in [2.05, 4.69) is 10.1 Å². The molecule has 0 aromatic carbocycles. The fourth-order valence-electron chi connectivity index (χ4n) is 1.30. The summed E-state index contributed by atoms with van der Waals surface area (Å²) in [6.45, 7) is 3.99. The number of pyridine rings is 1. The molecule has 1 heterocycles. The van der Waals surface area contributed by atoms with Crippen LogP contribution in [0.25, 0.3) is 0 Å². The number of amidine groups is 1. The van der Waals surface area contributed by atoms with Gasteiger partial charge in [0, 0.05) is 5.75 Å². The summed E-state index contributed by atoms with van der Waals surface area (Å²) in [7, 11) is 0. The van der Waals surface area contributed by atoms with Gasteiger partial charge >= 0.3 is 6.18 Å². The van der Waals surface area contributed by atoms with E-state index in [1.54, 1.807) is 0 Å². The Kier molecular flexibility index (Phi) is 5.67. The Bertz CT molecular complexity index is 491. The highest BCUT2D eigenvalue weighted by atomic mass is 32.2. The molecule has 0 radical (unpaired) electrons. The summed E-state index contributed by atoms with van der Waals surface area (Å²) < 4.78 is 38.0. The average Bonchev–Trinajstić information content (AvgIpc) is 2.42. The van der Waals surface area contributed by atoms with E-state index < -0.39 is 11.9 Å². The zero-order valence-corrected chi connectivity index (χ0v) is 11.9. The van der Waals surface area contributed by atoms with Gasteiger partial charge in [-0.15, -0.1) is 11.8 Å². The number of hydrogen-bond acceptors (Lipinski definition) is 4. The predicted octanol–water partition coefficient (Wildman–Crippen LogP) is 3.33. The number of oxime groups is 1. The second-order valence-corrected chi connectivity index (χ2v) is 5.37. The molecule has 0 bridgehead atoms. The Balaban J connectivity index is 3.13. The lowest BCUT2D eigenvalue weighted by molar-refractivity contribution is -0.141. The van der Waals surface area contributed by atoms with E-state index >= 15 is 0 Å². The molecule has 0 amide bonds. The van der Waals surface area contributed by atoms with Crippen LogP contribution in [0.4, 0.5) is 13.2 Å². The second-order valence-electron chi connectivity index (χ2n) is 4.36. The lowest BCUT2D eigenvalue weighted by Gasteiger charge is -2.13. The molecule has 3 N–H and O–H groups in total. The van der Waals surface area contributed by atoms with Crippen molar-refractivity contribution in [3.63, 3.8) is 0 Å². The van der Waals surface area contributed by atoms with E-state index in [0.29, 0.717) is 11.7 Å². The van der Waals surface area contributed by atoms with Gasteiger partial charge < -0.3 is 10.9 Å². The van der Waals surface area contributed by atoms with Gasteiger partial charge in [0.2, 0.25) is 0 Å². The van der Waals surface area contributed by atoms with Gasteiger partial charge in [0.15, 0.2) is 5.84 Å². The van der Waals surface area contributed by atoms with E-state index in [0.717, 1.165) is 12.5 Å². The smallest absolute Gasteiger partial charge is 0.409 e. The number of aromatic nitrogens is 1. The third-order valence-electron chi connectivity index (χ3n) is 2.74. The summed E-state index contributed by atoms with van der Waals surface area (Å²) in [4.78, 5) is 3.59. The molecule has 1 aromatic rings. The van der Waals surface area contributed by atoms with Crippen molar-refractivity contribution < 1.29 is 18.4 Å². The fraction of sp³-hybridized carbons (Fsp3) is 0.500. The van der Waals surface area contributed by atoms with Gasteiger partial charge in [-0.25, -0.2) is 4.98 Å². The third kappa shape index (κ3) is 4.29. The van der Waals surface area contributed by atoms with E-state index in [9.17, 15) is 13.2 Å². The van der Waals surface area contributed by atoms with Crippen LogP contribution >= 0.6 is 11.8 Å². The van der Waals surface area contributed by atoms with Crippen molar-refractivity contribution in [3.05, 3.63) is 23.4 Å². The largest absolute Gasteiger partial charge is 0.433 e. The molecule has 0 spiro atoms. The molecule has 112 valence electrons. The normalized spacial score (nSPS) is 14.3. The van der Waals surface area contributed by atoms with Crippen LogP contribution in [0.1, 0.15) is 31.5 Å². The first-order valence-electron chi connectivity index (χ1n) is 5.98. The maximum absolute atomic E-state index is 12.7. The maximum atomic E-state index is 12.7. The predicted molar refractivity (Wildman–Crippen MR) is 71.9 cm³/mol. The van der Waals surface area contributed by atoms with Crippen LogP contribution in [-0.4, -0.2) is 21.8 Å². The van der Waals surface area contributed by atoms with E-state index in [-0.39, 0.29) is 16.4 Å². The Morgan fingerprint density at radius 1 is 1.50 bits per heavy atom. The van der Waals surface area contributed by atoms with Crippen molar-refractivity contribution in [2.45, 2.75) is 31.5 Å². The molecule has 0 aliphatic carbocycles. The SMILES string of the molecule is CCC(C)CSc1nc(C(F)(F)F)ccc1/C(N)=N/O. The molecule has 1 aromatic heterocycles. The van der Waals surface area contributed by atoms with Gasteiger partial charge in [0.1, 0.15) is 10.7 Å². The Hall–Kier alpha value is -1.44. The molecule has 0 saturated heterocycles. The van der Waals surface area contributed by atoms with Crippen molar-refractivity contribution in [2.75, 3.05) is 5.75 Å². The van der Waals surface area contributed by atoms with Crippen LogP contribution in [0.5, 0.6) is 0 Å². The molecule has 1 rings (SSSR count). The number of rotatable bonds is 5. The number of thioether (sulfide) groups is 1. The molecule has 4 nitrogen and oxygen atoms in total. The lowest BCUT2D eigenvalue weighted by atomic mass is 10.2. The number of alkyl halides is 3. The van der Waals surface area contributed by atoms with Crippen LogP contribution in [0, 0.1) is 5.92 Å². The number of nitrogens with two attached hydrogens (primary N) is 1. The summed E-state index contributed by atoms with van der Waals surface area (Å²) in [5.41, 5.74) is 4.67. The molecule has 1 unspecified atom stereocenters. The summed E-state index contributed by atoms with van der Waals surface area (Å²) in [6, 6.07) is 1.99. The van der Waals surface area contributed by atoms with Gasteiger partial charge in [0.05, 0.1) is 5.56 Å². The zero-order valence-electron chi connectivity index (χ0n) is 11.1. The van der Waals surface area contributed by atoms with Gasteiger partial charge in [0.25, 0.3) is 0 Å². The highest BCUT2D eigenvalue weighted by Gasteiger charge is 2.33. The summed E-state index contributed by atoms with van der Waals surface area (Å²) in [5.74, 6) is 0.686. The zero-order chi connectivity index (χ0) is 15.3. The molecular formula is C12H16F3N3OS. The highest BCUT2D eigenvalue weighted by Crippen LogP contribution is 2.31. The first kappa shape index (κ1) is 16.6. The van der Waals surface area contributed by atoms with Gasteiger partial charge in [-0.3, -0.25) is 0 Å². The summed E-state index contributed by atoms with van der Waals surface area (Å²) >= 11 is 1.17. The molecule has 1 atom stereocenters. The average molecular weight is 307 g/mol. The Morgan fingerprint density at radius 3 is 2.65 bits per heavy atom. The minimum absolute atomic E-state index is 0.121. The molecule has 0 fully saturated rings. The van der Waals surface area contributed by atoms with E-state index in [4.69, 9.17) is 10.9 Å². The van der Waals surface area contributed by atoms with Gasteiger partial charge in [-0.2, -0.15) is 13.2 Å². The van der Waals surface area contributed by atoms with E-state index in [1.165, 1.54) is 17.8 Å². The Labute approximate surface area is 119 Å². The standard InChI is InChI=1S/C12H16F3N3OS/c1-3-7(2)6-20-11-8(10(16)18-19)4-5-9(17-11)12(13,14)15/h4-5,7,19H,3,6H2,1-2H3,(H2,16,18). The fourth-order valence-corrected chi connectivity index (χ4v) is 2.47. The molecule has 8 heteroatoms. The number of halogens is 3. The summed E-state index contributed by atoms with van der Waals surface area (Å²) in [6.07, 6.45) is -3.61. The minimum Gasteiger partial charge on any atom is -0.409 e. The van der Waals surface area contributed by atoms with Crippen molar-refractivity contribution in [1.29, 1.82) is 0 Å². The monoisotopic (exact) mass is 307 g/mol. The van der Waals surface area contributed by atoms with Crippen molar-refractivity contribution in [3.8, 4) is 0 Å². The van der Waals surface area contributed by atoms with Crippen molar-refractivity contribution >= 4 is 17.6 Å². The van der Waals surface area contributed by atoms with Crippen LogP contribution in [0.2, 0.25) is 0 Å². The van der Waals surface area contributed by atoms with Crippen molar-refractivity contribution in [2.24, 2.45) is 16.8 Å². The Morgan fingerprint density at radius 2 is 2.15 bits per heavy atom. The third-order valence-corrected chi connectivity index (χ3v) is 4.06. The van der Waals surface area contributed by atoms with Crippen LogP contribution in [-0.2, 0) is 6.18 Å². The quantitative estimate of drug-likeness (QED) is 0.288. The molecule has 0 aliphatic rings. The minimum atomic E-state index is -4.52. The van der Waals surface area contributed by atoms with Crippen molar-refractivity contribution in [1.82, 2.24) is 4.98 Å². The number of hydrogen-bond donors (Lipinski definition) is 2. The molecule has 20 heavy (non-hydrogen) atoms. The highest BCUT2D eigenvalue weighted by molar-refractivity contribution is 7.99. The van der Waals surface area contributed by atoms with Gasteiger partial charge in [-0.05, 0) is 18.1 Å². The van der Waals surface area contributed by atoms with Crippen LogP contribution < -0.4 is 5.73 Å². The summed E-state index contributed by atoms with van der Waals surface area (Å²) in [5, 5.41) is 11.6. The first-order chi connectivity index (χ1) is 9.29. The van der Waals surface area contributed by atoms with E-state index in [1.807, 2.05) is 13.8 Å². The molecule has 0 saturated carbocycles.